The van der Waals surface area contributed by atoms with Crippen LogP contribution in [0.25, 0.3) is 22.4 Å². The van der Waals surface area contributed by atoms with Crippen LogP contribution in [0, 0.1) is 23.0 Å². The number of carbonyl (C=O) groups excluding carboxylic acids is 1. The molecule has 2 bridgehead atoms. The van der Waals surface area contributed by atoms with Crippen molar-refractivity contribution in [2.45, 2.75) is 13.0 Å². The fourth-order valence-corrected chi connectivity index (χ4v) is 4.62. The van der Waals surface area contributed by atoms with Crippen molar-refractivity contribution >= 4 is 22.9 Å². The second-order valence-corrected chi connectivity index (χ2v) is 8.24. The zero-order valence-electron chi connectivity index (χ0n) is 17.3. The van der Waals surface area contributed by atoms with Crippen molar-refractivity contribution < 1.29 is 18.3 Å². The maximum Gasteiger partial charge on any atom is 0.226 e. The van der Waals surface area contributed by atoms with Crippen molar-refractivity contribution in [2.75, 3.05) is 5.73 Å². The molecule has 3 aromatic heterocycles. The van der Waals surface area contributed by atoms with Gasteiger partial charge < -0.3 is 10.5 Å². The van der Waals surface area contributed by atoms with Gasteiger partial charge in [0.05, 0.1) is 16.8 Å². The first-order valence-corrected chi connectivity index (χ1v) is 10.5. The Morgan fingerprint density at radius 2 is 2.00 bits per heavy atom. The summed E-state index contributed by atoms with van der Waals surface area (Å²) in [6.45, 7) is 1.60. The number of ketones is 1. The van der Waals surface area contributed by atoms with Crippen molar-refractivity contribution in [1.29, 1.82) is 5.26 Å². The second-order valence-electron chi connectivity index (χ2n) is 7.39. The number of carbonyl (C=O) groups is 1. The number of anilines is 1. The quantitative estimate of drug-likeness (QED) is 0.417. The Labute approximate surface area is 189 Å². The minimum absolute atomic E-state index is 0.0326. The number of aromatic nitrogens is 4. The highest BCUT2D eigenvalue weighted by atomic mass is 32.1. The molecule has 1 aliphatic rings. The van der Waals surface area contributed by atoms with Crippen LogP contribution in [0.4, 0.5) is 14.6 Å². The first kappa shape index (κ1) is 20.7. The Morgan fingerprint density at radius 3 is 2.76 bits per heavy atom. The van der Waals surface area contributed by atoms with Crippen LogP contribution in [0.1, 0.15) is 39.7 Å². The molecule has 4 aromatic rings. The van der Waals surface area contributed by atoms with E-state index in [1.54, 1.807) is 6.92 Å². The van der Waals surface area contributed by atoms with E-state index in [2.05, 4.69) is 21.1 Å². The molecule has 0 saturated heterocycles. The molecule has 1 aliphatic heterocycles. The molecule has 0 aliphatic carbocycles. The van der Waals surface area contributed by atoms with Gasteiger partial charge in [-0.25, -0.2) is 18.7 Å². The van der Waals surface area contributed by atoms with Crippen molar-refractivity contribution in [3.05, 3.63) is 63.4 Å². The highest BCUT2D eigenvalue weighted by molar-refractivity contribution is 7.12. The van der Waals surface area contributed by atoms with Gasteiger partial charge in [-0.2, -0.15) is 10.4 Å². The number of fused-ring (bicyclic) bond motifs is 7. The Bertz CT molecular complexity index is 1500. The lowest BCUT2D eigenvalue weighted by Crippen LogP contribution is -2.12. The number of nitrogen functional groups attached to an aromatic ring is 1. The molecule has 0 saturated carbocycles. The molecule has 0 spiro atoms. The fraction of sp³-hybridized carbons (Fsp3) is 0.136. The lowest BCUT2D eigenvalue weighted by molar-refractivity contribution is 0.103. The van der Waals surface area contributed by atoms with Crippen LogP contribution in [0.2, 0.25) is 0 Å². The molecule has 0 fully saturated rings. The highest BCUT2D eigenvalue weighted by Gasteiger charge is 2.31. The first-order chi connectivity index (χ1) is 15.8. The van der Waals surface area contributed by atoms with E-state index < -0.39 is 23.5 Å². The van der Waals surface area contributed by atoms with E-state index >= 15 is 4.39 Å². The molecule has 4 heterocycles. The lowest BCUT2D eigenvalue weighted by atomic mass is 9.95. The highest BCUT2D eigenvalue weighted by Crippen LogP contribution is 2.41. The summed E-state index contributed by atoms with van der Waals surface area (Å²) in [6, 6.07) is 5.44. The van der Waals surface area contributed by atoms with E-state index in [1.165, 1.54) is 29.5 Å². The summed E-state index contributed by atoms with van der Waals surface area (Å²) in [6.07, 6.45) is 0.533. The topological polar surface area (TPSA) is 120 Å². The van der Waals surface area contributed by atoms with Crippen LogP contribution in [0.5, 0.6) is 5.75 Å². The van der Waals surface area contributed by atoms with Gasteiger partial charge in [0, 0.05) is 36.0 Å². The number of nitriles is 1. The summed E-state index contributed by atoms with van der Waals surface area (Å²) in [5.74, 6) is -2.09. The second kappa shape index (κ2) is 7.46. The maximum atomic E-state index is 15.1. The van der Waals surface area contributed by atoms with E-state index in [-0.39, 0.29) is 50.2 Å². The summed E-state index contributed by atoms with van der Waals surface area (Å²) in [5, 5.41) is 14.0. The average molecular weight is 464 g/mol. The minimum atomic E-state index is -0.892. The number of nitrogens with two attached hydrogens (primary N) is 1. The number of rotatable bonds is 0. The zero-order valence-corrected chi connectivity index (χ0v) is 18.1. The summed E-state index contributed by atoms with van der Waals surface area (Å²) in [4.78, 5) is 22.1. The van der Waals surface area contributed by atoms with E-state index in [0.29, 0.717) is 5.56 Å². The summed E-state index contributed by atoms with van der Waals surface area (Å²) < 4.78 is 36.5. The van der Waals surface area contributed by atoms with Crippen LogP contribution in [-0.2, 0) is 7.05 Å². The number of thiazole rings is 1. The summed E-state index contributed by atoms with van der Waals surface area (Å²) in [7, 11) is 1.53. The average Bonchev–Trinajstić information content (AvgIpc) is 3.38. The van der Waals surface area contributed by atoms with Gasteiger partial charge in [-0.15, -0.1) is 11.3 Å². The predicted octanol–water partition coefficient (Wildman–Crippen LogP) is 4.02. The third-order valence-electron chi connectivity index (χ3n) is 5.38. The normalized spacial score (nSPS) is 14.8. The minimum Gasteiger partial charge on any atom is -0.482 e. The van der Waals surface area contributed by atoms with Crippen molar-refractivity contribution in [3.63, 3.8) is 0 Å². The number of hydrogen-bond acceptors (Lipinski definition) is 8. The number of hydrogen-bond donors (Lipinski definition) is 1. The molecular formula is C22H14F2N6O2S. The van der Waals surface area contributed by atoms with Gasteiger partial charge >= 0.3 is 0 Å². The Morgan fingerprint density at radius 1 is 1.21 bits per heavy atom. The number of halogens is 2. The van der Waals surface area contributed by atoms with Gasteiger partial charge in [0.15, 0.2) is 11.6 Å². The van der Waals surface area contributed by atoms with Crippen LogP contribution >= 0.6 is 11.3 Å². The predicted molar refractivity (Wildman–Crippen MR) is 116 cm³/mol. The summed E-state index contributed by atoms with van der Waals surface area (Å²) >= 11 is 0.995. The van der Waals surface area contributed by atoms with Gasteiger partial charge in [-0.1, -0.05) is 0 Å². The fourth-order valence-electron chi connectivity index (χ4n) is 3.88. The van der Waals surface area contributed by atoms with E-state index in [0.717, 1.165) is 23.5 Å². The van der Waals surface area contributed by atoms with Gasteiger partial charge in [0.2, 0.25) is 5.78 Å². The van der Waals surface area contributed by atoms with E-state index in [9.17, 15) is 14.4 Å². The third kappa shape index (κ3) is 3.15. The van der Waals surface area contributed by atoms with Gasteiger partial charge in [-0.3, -0.25) is 9.48 Å². The molecule has 8 nitrogen and oxygen atoms in total. The Balaban J connectivity index is 1.90. The van der Waals surface area contributed by atoms with Gasteiger partial charge in [0.25, 0.3) is 0 Å². The number of pyridine rings is 1. The smallest absolute Gasteiger partial charge is 0.226 e. The van der Waals surface area contributed by atoms with Crippen LogP contribution in [0.15, 0.2) is 29.9 Å². The molecule has 1 atom stereocenters. The van der Waals surface area contributed by atoms with Crippen molar-refractivity contribution in [3.8, 4) is 34.2 Å². The monoisotopic (exact) mass is 464 g/mol. The molecule has 0 unspecified atom stereocenters. The molecule has 33 heavy (non-hydrogen) atoms. The SMILES string of the molecule is C[C@H]1Oc2cc(cnc2N)-c2c(nn(C)c2C#N)C(=O)c2scnc2-c2c(F)cc(F)cc21. The van der Waals surface area contributed by atoms with E-state index in [4.69, 9.17) is 10.5 Å². The molecule has 5 rings (SSSR count). The largest absolute Gasteiger partial charge is 0.482 e. The van der Waals surface area contributed by atoms with Crippen LogP contribution in [-0.4, -0.2) is 25.5 Å². The van der Waals surface area contributed by atoms with Crippen LogP contribution in [0.3, 0.4) is 0 Å². The molecule has 1 aromatic carbocycles. The number of benzene rings is 1. The molecule has 164 valence electrons. The molecule has 0 amide bonds. The maximum absolute atomic E-state index is 15.1. The summed E-state index contributed by atoms with van der Waals surface area (Å²) in [5.41, 5.74) is 8.24. The standard InChI is InChI=1S/C22H14F2N6O2S/c1-9-12-4-11(23)5-13(24)17(12)19-21(33-8-28-19)20(31)18-16(14(6-25)30(2)29-18)10-3-15(32-9)22(26)27-7-10/h3-5,7-9H,1-2H3,(H2,26,27)/t9-/m1/s1. The Hall–Kier alpha value is -4.17. The van der Waals surface area contributed by atoms with Crippen molar-refractivity contribution in [2.24, 2.45) is 7.05 Å². The van der Waals surface area contributed by atoms with Crippen molar-refractivity contribution in [1.82, 2.24) is 19.7 Å². The molecular weight excluding hydrogens is 450 g/mol. The zero-order chi connectivity index (χ0) is 23.4. The Kier molecular flexibility index (Phi) is 4.68. The van der Waals surface area contributed by atoms with E-state index in [1.807, 2.05) is 0 Å². The first-order valence-electron chi connectivity index (χ1n) is 9.67. The molecule has 11 heteroatoms. The molecule has 0 radical (unpaired) electrons. The number of nitrogens with zero attached hydrogens (tertiary/aromatic N) is 5. The number of ether oxygens (including phenoxy) is 1. The molecule has 2 N–H and O–H groups in total. The van der Waals surface area contributed by atoms with Crippen LogP contribution < -0.4 is 10.5 Å². The number of aryl methyl sites for hydroxylation is 1. The lowest BCUT2D eigenvalue weighted by Gasteiger charge is -2.20. The third-order valence-corrected chi connectivity index (χ3v) is 6.20. The van der Waals surface area contributed by atoms with Gasteiger partial charge in [0.1, 0.15) is 40.1 Å². The van der Waals surface area contributed by atoms with Gasteiger partial charge in [-0.05, 0) is 19.1 Å².